The van der Waals surface area contributed by atoms with Crippen LogP contribution in [0.3, 0.4) is 0 Å². The van der Waals surface area contributed by atoms with Crippen molar-refractivity contribution in [1.29, 1.82) is 0 Å². The van der Waals surface area contributed by atoms with E-state index in [1.165, 1.54) is 24.2 Å². The summed E-state index contributed by atoms with van der Waals surface area (Å²) in [4.78, 5) is 1.24. The first-order valence-electron chi connectivity index (χ1n) is 6.28. The van der Waals surface area contributed by atoms with Gasteiger partial charge in [-0.2, -0.15) is 0 Å². The van der Waals surface area contributed by atoms with Crippen LogP contribution in [0.2, 0.25) is 0 Å². The van der Waals surface area contributed by atoms with E-state index < -0.39 is 0 Å². The lowest BCUT2D eigenvalue weighted by atomic mass is 9.81. The summed E-state index contributed by atoms with van der Waals surface area (Å²) in [6.45, 7) is 4.75. The molecule has 1 aliphatic rings. The maximum Gasteiger partial charge on any atom is 0.0463 e. The maximum atomic E-state index is 6.05. The van der Waals surface area contributed by atoms with E-state index in [1.54, 1.807) is 0 Å². The molecule has 94 valence electrons. The summed E-state index contributed by atoms with van der Waals surface area (Å²) < 4.78 is 1.06. The number of halogens is 1. The van der Waals surface area contributed by atoms with Crippen LogP contribution in [0.5, 0.6) is 0 Å². The van der Waals surface area contributed by atoms with E-state index in [-0.39, 0.29) is 0 Å². The summed E-state index contributed by atoms with van der Waals surface area (Å²) in [7, 11) is 0. The van der Waals surface area contributed by atoms with Gasteiger partial charge in [-0.3, -0.25) is 0 Å². The van der Waals surface area contributed by atoms with Crippen molar-refractivity contribution in [3.05, 3.63) is 22.7 Å². The lowest BCUT2D eigenvalue weighted by Gasteiger charge is -2.31. The summed E-state index contributed by atoms with van der Waals surface area (Å²) in [5.41, 5.74) is 6.95. The first-order chi connectivity index (χ1) is 8.06. The van der Waals surface area contributed by atoms with Crippen molar-refractivity contribution < 1.29 is 0 Å². The van der Waals surface area contributed by atoms with Crippen molar-refractivity contribution in [2.75, 3.05) is 5.73 Å². The van der Waals surface area contributed by atoms with Crippen molar-refractivity contribution >= 4 is 33.4 Å². The van der Waals surface area contributed by atoms with E-state index in [4.69, 9.17) is 5.73 Å². The number of thioether (sulfide) groups is 1. The second-order valence-corrected chi connectivity index (χ2v) is 7.45. The molecule has 0 bridgehead atoms. The minimum Gasteiger partial charge on any atom is -0.398 e. The Kier molecular flexibility index (Phi) is 4.42. The van der Waals surface area contributed by atoms with Gasteiger partial charge in [0.15, 0.2) is 0 Å². The maximum absolute atomic E-state index is 6.05. The van der Waals surface area contributed by atoms with Crippen molar-refractivity contribution in [2.24, 2.45) is 11.8 Å². The van der Waals surface area contributed by atoms with Gasteiger partial charge in [0.05, 0.1) is 0 Å². The Hall–Kier alpha value is -0.150. The molecular weight excluding hydrogens is 294 g/mol. The zero-order chi connectivity index (χ0) is 12.4. The fraction of sp³-hybridized carbons (Fsp3) is 0.571. The topological polar surface area (TPSA) is 26.0 Å². The standard InChI is InChI=1S/C14H20BrNS/c1-9-3-5-12(7-10(9)2)17-14-6-4-11(15)8-13(14)16/h4,6,8-10,12H,3,5,7,16H2,1-2H3. The molecule has 3 heteroatoms. The number of benzene rings is 1. The van der Waals surface area contributed by atoms with Crippen molar-refractivity contribution in [3.63, 3.8) is 0 Å². The highest BCUT2D eigenvalue weighted by Gasteiger charge is 2.25. The molecule has 0 saturated heterocycles. The van der Waals surface area contributed by atoms with Crippen LogP contribution in [-0.2, 0) is 0 Å². The molecule has 1 fully saturated rings. The molecule has 0 spiro atoms. The van der Waals surface area contributed by atoms with Crippen LogP contribution in [0.25, 0.3) is 0 Å². The fourth-order valence-corrected chi connectivity index (χ4v) is 4.14. The van der Waals surface area contributed by atoms with Gasteiger partial charge in [0.1, 0.15) is 0 Å². The Balaban J connectivity index is 2.01. The summed E-state index contributed by atoms with van der Waals surface area (Å²) in [5.74, 6) is 1.73. The summed E-state index contributed by atoms with van der Waals surface area (Å²) in [6, 6.07) is 6.21. The number of nitrogens with two attached hydrogens (primary N) is 1. The first-order valence-corrected chi connectivity index (χ1v) is 7.95. The molecule has 1 aliphatic carbocycles. The van der Waals surface area contributed by atoms with Gasteiger partial charge < -0.3 is 5.73 Å². The average molecular weight is 314 g/mol. The van der Waals surface area contributed by atoms with Gasteiger partial charge in [0.25, 0.3) is 0 Å². The van der Waals surface area contributed by atoms with Crippen LogP contribution in [-0.4, -0.2) is 5.25 Å². The van der Waals surface area contributed by atoms with Gasteiger partial charge in [0, 0.05) is 20.3 Å². The van der Waals surface area contributed by atoms with Gasteiger partial charge in [-0.05, 0) is 49.3 Å². The van der Waals surface area contributed by atoms with Crippen LogP contribution in [0.1, 0.15) is 33.1 Å². The summed E-state index contributed by atoms with van der Waals surface area (Å²) in [5, 5.41) is 0.740. The normalized spacial score (nSPS) is 29.2. The molecule has 17 heavy (non-hydrogen) atoms. The smallest absolute Gasteiger partial charge is 0.0463 e. The molecule has 1 aromatic rings. The molecule has 0 radical (unpaired) electrons. The van der Waals surface area contributed by atoms with E-state index in [0.29, 0.717) is 0 Å². The van der Waals surface area contributed by atoms with E-state index in [1.807, 2.05) is 17.8 Å². The highest BCUT2D eigenvalue weighted by atomic mass is 79.9. The van der Waals surface area contributed by atoms with Gasteiger partial charge in [-0.15, -0.1) is 11.8 Å². The number of hydrogen-bond acceptors (Lipinski definition) is 2. The third kappa shape index (κ3) is 3.41. The number of nitrogen functional groups attached to an aromatic ring is 1. The highest BCUT2D eigenvalue weighted by molar-refractivity contribution is 9.10. The van der Waals surface area contributed by atoms with E-state index in [0.717, 1.165) is 27.2 Å². The monoisotopic (exact) mass is 313 g/mol. The quantitative estimate of drug-likeness (QED) is 0.782. The van der Waals surface area contributed by atoms with E-state index in [2.05, 4.69) is 41.9 Å². The fourth-order valence-electron chi connectivity index (χ4n) is 2.41. The molecule has 3 unspecified atom stereocenters. The minimum atomic E-state index is 0.740. The summed E-state index contributed by atoms with van der Waals surface area (Å²) >= 11 is 5.41. The third-order valence-corrected chi connectivity index (χ3v) is 5.70. The average Bonchev–Trinajstić information content (AvgIpc) is 2.27. The number of rotatable bonds is 2. The molecule has 0 aliphatic heterocycles. The molecule has 0 amide bonds. The molecule has 1 saturated carbocycles. The van der Waals surface area contributed by atoms with Crippen LogP contribution in [0, 0.1) is 11.8 Å². The van der Waals surface area contributed by atoms with E-state index >= 15 is 0 Å². The van der Waals surface area contributed by atoms with Crippen LogP contribution >= 0.6 is 27.7 Å². The summed E-state index contributed by atoms with van der Waals surface area (Å²) in [6.07, 6.45) is 4.00. The minimum absolute atomic E-state index is 0.740. The Bertz CT molecular complexity index is 394. The second kappa shape index (κ2) is 5.66. The predicted molar refractivity (Wildman–Crippen MR) is 80.4 cm³/mol. The molecule has 2 N–H and O–H groups in total. The first kappa shape index (κ1) is 13.3. The largest absolute Gasteiger partial charge is 0.398 e. The second-order valence-electron chi connectivity index (χ2n) is 5.19. The van der Waals surface area contributed by atoms with Crippen LogP contribution in [0.15, 0.2) is 27.6 Å². The van der Waals surface area contributed by atoms with Gasteiger partial charge in [-0.1, -0.05) is 29.8 Å². The third-order valence-electron chi connectivity index (χ3n) is 3.82. The Labute approximate surface area is 117 Å². The lowest BCUT2D eigenvalue weighted by Crippen LogP contribution is -2.22. The SMILES string of the molecule is CC1CCC(Sc2ccc(Br)cc2N)CC1C. The van der Waals surface area contributed by atoms with Crippen LogP contribution in [0.4, 0.5) is 5.69 Å². The van der Waals surface area contributed by atoms with E-state index in [9.17, 15) is 0 Å². The van der Waals surface area contributed by atoms with Crippen LogP contribution < -0.4 is 5.73 Å². The Morgan fingerprint density at radius 1 is 1.24 bits per heavy atom. The van der Waals surface area contributed by atoms with Gasteiger partial charge in [0.2, 0.25) is 0 Å². The number of anilines is 1. The zero-order valence-corrected chi connectivity index (χ0v) is 12.9. The predicted octanol–water partition coefficient (Wildman–Crippen LogP) is 4.95. The number of hydrogen-bond donors (Lipinski definition) is 1. The highest BCUT2D eigenvalue weighted by Crippen LogP contribution is 2.40. The van der Waals surface area contributed by atoms with Gasteiger partial charge in [-0.25, -0.2) is 0 Å². The molecular formula is C14H20BrNS. The molecule has 2 rings (SSSR count). The molecule has 1 aromatic carbocycles. The molecule has 3 atom stereocenters. The Morgan fingerprint density at radius 3 is 2.65 bits per heavy atom. The zero-order valence-electron chi connectivity index (χ0n) is 10.4. The molecule has 0 aromatic heterocycles. The van der Waals surface area contributed by atoms with Crippen molar-refractivity contribution in [2.45, 2.75) is 43.3 Å². The van der Waals surface area contributed by atoms with Gasteiger partial charge >= 0.3 is 0 Å². The molecule has 1 nitrogen and oxygen atoms in total. The molecule has 0 heterocycles. The lowest BCUT2D eigenvalue weighted by molar-refractivity contribution is 0.283. The Morgan fingerprint density at radius 2 is 2.00 bits per heavy atom. The van der Waals surface area contributed by atoms with Crippen molar-refractivity contribution in [1.82, 2.24) is 0 Å². The van der Waals surface area contributed by atoms with Crippen molar-refractivity contribution in [3.8, 4) is 0 Å².